The minimum Gasteiger partial charge on any atom is -0.506 e. The lowest BCUT2D eigenvalue weighted by Gasteiger charge is -1.96. The van der Waals surface area contributed by atoms with Crippen LogP contribution in [0.25, 0.3) is 10.8 Å². The maximum Gasteiger partial charge on any atom is 0.271 e. The molecule has 3 rings (SSSR count). The lowest BCUT2D eigenvalue weighted by Crippen LogP contribution is -1.83. The molecule has 0 aliphatic carbocycles. The molecule has 0 spiro atoms. The quantitative estimate of drug-likeness (QED) is 0.741. The molecule has 2 aromatic heterocycles. The first-order valence-corrected chi connectivity index (χ1v) is 7.47. The van der Waals surface area contributed by atoms with Crippen LogP contribution in [-0.2, 0) is 5.75 Å². The van der Waals surface area contributed by atoms with Gasteiger partial charge in [-0.25, -0.2) is 0 Å². The van der Waals surface area contributed by atoms with Crippen molar-refractivity contribution in [2.45, 2.75) is 10.6 Å². The van der Waals surface area contributed by atoms with Crippen molar-refractivity contribution in [3.8, 4) is 16.5 Å². The SMILES string of the molecule is Oc1ccsc1-c1nc(CSc2ccccc2)no1. The molecular weight excluding hydrogens is 280 g/mol. The lowest BCUT2D eigenvalue weighted by molar-refractivity contribution is 0.421. The molecule has 1 N–H and O–H groups in total. The Hall–Kier alpha value is -1.79. The number of rotatable bonds is 4. The first kappa shape index (κ1) is 12.3. The van der Waals surface area contributed by atoms with E-state index in [0.29, 0.717) is 22.3 Å². The van der Waals surface area contributed by atoms with Gasteiger partial charge in [-0.15, -0.1) is 23.1 Å². The minimum atomic E-state index is 0.177. The van der Waals surface area contributed by atoms with Crippen LogP contribution in [0.2, 0.25) is 0 Å². The molecule has 0 atom stereocenters. The molecule has 2 heterocycles. The second-order valence-corrected chi connectivity index (χ2v) is 5.72. The van der Waals surface area contributed by atoms with Crippen molar-refractivity contribution in [2.24, 2.45) is 0 Å². The smallest absolute Gasteiger partial charge is 0.271 e. The zero-order valence-corrected chi connectivity index (χ0v) is 11.4. The van der Waals surface area contributed by atoms with Crippen molar-refractivity contribution in [3.63, 3.8) is 0 Å². The number of aromatic hydroxyl groups is 1. The number of thiophene rings is 1. The van der Waals surface area contributed by atoms with E-state index in [2.05, 4.69) is 10.1 Å². The molecular formula is C13H10N2O2S2. The summed E-state index contributed by atoms with van der Waals surface area (Å²) in [6, 6.07) is 11.7. The zero-order chi connectivity index (χ0) is 13.1. The number of hydrogen-bond acceptors (Lipinski definition) is 6. The van der Waals surface area contributed by atoms with Gasteiger partial charge >= 0.3 is 0 Å². The number of nitrogens with zero attached hydrogens (tertiary/aromatic N) is 2. The Morgan fingerprint density at radius 2 is 2.05 bits per heavy atom. The number of benzene rings is 1. The summed E-state index contributed by atoms with van der Waals surface area (Å²) in [5, 5.41) is 15.3. The average Bonchev–Trinajstić information content (AvgIpc) is 3.06. The van der Waals surface area contributed by atoms with E-state index >= 15 is 0 Å². The molecule has 0 radical (unpaired) electrons. The first-order valence-electron chi connectivity index (χ1n) is 5.60. The summed E-state index contributed by atoms with van der Waals surface area (Å²) in [5.74, 6) is 1.81. The molecule has 96 valence electrons. The zero-order valence-electron chi connectivity index (χ0n) is 9.81. The van der Waals surface area contributed by atoms with E-state index in [0.717, 1.165) is 4.90 Å². The molecule has 4 nitrogen and oxygen atoms in total. The van der Waals surface area contributed by atoms with Crippen LogP contribution in [-0.4, -0.2) is 15.2 Å². The van der Waals surface area contributed by atoms with Crippen LogP contribution < -0.4 is 0 Å². The topological polar surface area (TPSA) is 59.2 Å². The predicted molar refractivity (Wildman–Crippen MR) is 75.3 cm³/mol. The van der Waals surface area contributed by atoms with E-state index in [1.165, 1.54) is 11.3 Å². The van der Waals surface area contributed by atoms with E-state index in [4.69, 9.17) is 4.52 Å². The third-order valence-corrected chi connectivity index (χ3v) is 4.32. The fourth-order valence-electron chi connectivity index (χ4n) is 1.53. The van der Waals surface area contributed by atoms with Crippen molar-refractivity contribution >= 4 is 23.1 Å². The number of thioether (sulfide) groups is 1. The Kier molecular flexibility index (Phi) is 3.52. The third kappa shape index (κ3) is 2.80. The highest BCUT2D eigenvalue weighted by Gasteiger charge is 2.14. The van der Waals surface area contributed by atoms with Gasteiger partial charge in [-0.2, -0.15) is 4.98 Å². The van der Waals surface area contributed by atoms with Crippen molar-refractivity contribution in [1.82, 2.24) is 10.1 Å². The Bertz CT molecular complexity index is 664. The third-order valence-electron chi connectivity index (χ3n) is 2.42. The molecule has 0 unspecified atom stereocenters. The maximum atomic E-state index is 9.60. The second kappa shape index (κ2) is 5.46. The van der Waals surface area contributed by atoms with Crippen LogP contribution in [0.3, 0.4) is 0 Å². The van der Waals surface area contributed by atoms with Crippen LogP contribution in [0.15, 0.2) is 51.2 Å². The normalized spacial score (nSPS) is 10.7. The predicted octanol–water partition coefficient (Wildman–Crippen LogP) is 3.80. The van der Waals surface area contributed by atoms with Gasteiger partial charge in [-0.05, 0) is 23.6 Å². The fraction of sp³-hybridized carbons (Fsp3) is 0.0769. The molecule has 3 aromatic rings. The maximum absolute atomic E-state index is 9.60. The van der Waals surface area contributed by atoms with Crippen molar-refractivity contribution < 1.29 is 9.63 Å². The summed E-state index contributed by atoms with van der Waals surface area (Å²) in [5.41, 5.74) is 0. The molecule has 0 saturated heterocycles. The fourth-order valence-corrected chi connectivity index (χ4v) is 3.00. The molecule has 19 heavy (non-hydrogen) atoms. The second-order valence-electron chi connectivity index (χ2n) is 3.75. The van der Waals surface area contributed by atoms with Crippen LogP contribution in [0.5, 0.6) is 5.75 Å². The van der Waals surface area contributed by atoms with Crippen molar-refractivity contribution in [1.29, 1.82) is 0 Å². The lowest BCUT2D eigenvalue weighted by atomic mass is 10.4. The van der Waals surface area contributed by atoms with Gasteiger partial charge in [0, 0.05) is 4.90 Å². The number of hydrogen-bond donors (Lipinski definition) is 1. The molecule has 6 heteroatoms. The average molecular weight is 290 g/mol. The highest BCUT2D eigenvalue weighted by atomic mass is 32.2. The summed E-state index contributed by atoms with van der Waals surface area (Å²) in [7, 11) is 0. The first-order chi connectivity index (χ1) is 9.33. The summed E-state index contributed by atoms with van der Waals surface area (Å²) in [4.78, 5) is 6.05. The van der Waals surface area contributed by atoms with E-state index < -0.39 is 0 Å². The highest BCUT2D eigenvalue weighted by molar-refractivity contribution is 7.98. The molecule has 0 saturated carbocycles. The van der Waals surface area contributed by atoms with Crippen LogP contribution in [0.4, 0.5) is 0 Å². The van der Waals surface area contributed by atoms with Crippen LogP contribution in [0, 0.1) is 0 Å². The van der Waals surface area contributed by atoms with Gasteiger partial charge in [0.2, 0.25) is 0 Å². The highest BCUT2D eigenvalue weighted by Crippen LogP contribution is 2.33. The molecule has 1 aromatic carbocycles. The molecule has 0 bridgehead atoms. The molecule has 0 aliphatic heterocycles. The van der Waals surface area contributed by atoms with Gasteiger partial charge in [0.15, 0.2) is 5.82 Å². The summed E-state index contributed by atoms with van der Waals surface area (Å²) < 4.78 is 5.15. The van der Waals surface area contributed by atoms with Gasteiger partial charge in [-0.1, -0.05) is 23.4 Å². The summed E-state index contributed by atoms with van der Waals surface area (Å²) >= 11 is 3.02. The van der Waals surface area contributed by atoms with Gasteiger partial charge < -0.3 is 9.63 Å². The van der Waals surface area contributed by atoms with Crippen LogP contribution in [0.1, 0.15) is 5.82 Å². The largest absolute Gasteiger partial charge is 0.506 e. The Labute approximate surface area is 118 Å². The van der Waals surface area contributed by atoms with Crippen molar-refractivity contribution in [3.05, 3.63) is 47.6 Å². The van der Waals surface area contributed by atoms with Gasteiger partial charge in [0.05, 0.1) is 5.75 Å². The Balaban J connectivity index is 1.71. The Morgan fingerprint density at radius 3 is 2.79 bits per heavy atom. The molecule has 0 amide bonds. The van der Waals surface area contributed by atoms with Gasteiger partial charge in [-0.3, -0.25) is 0 Å². The monoisotopic (exact) mass is 290 g/mol. The van der Waals surface area contributed by atoms with E-state index in [-0.39, 0.29) is 5.75 Å². The van der Waals surface area contributed by atoms with E-state index in [9.17, 15) is 5.11 Å². The minimum absolute atomic E-state index is 0.177. The summed E-state index contributed by atoms with van der Waals surface area (Å²) in [6.45, 7) is 0. The summed E-state index contributed by atoms with van der Waals surface area (Å²) in [6.07, 6.45) is 0. The van der Waals surface area contributed by atoms with Crippen molar-refractivity contribution in [2.75, 3.05) is 0 Å². The van der Waals surface area contributed by atoms with Gasteiger partial charge in [0.25, 0.3) is 5.89 Å². The van der Waals surface area contributed by atoms with Crippen LogP contribution >= 0.6 is 23.1 Å². The standard InChI is InChI=1S/C13H10N2O2S2/c16-10-6-7-18-12(10)13-14-11(15-17-13)8-19-9-4-2-1-3-5-9/h1-7,16H,8H2. The number of aromatic nitrogens is 2. The van der Waals surface area contributed by atoms with E-state index in [1.807, 2.05) is 30.3 Å². The Morgan fingerprint density at radius 1 is 1.21 bits per heavy atom. The van der Waals surface area contributed by atoms with Gasteiger partial charge in [0.1, 0.15) is 10.6 Å². The van der Waals surface area contributed by atoms with E-state index in [1.54, 1.807) is 23.2 Å². The molecule has 0 fully saturated rings. The molecule has 0 aliphatic rings.